The molecule has 0 saturated carbocycles. The van der Waals surface area contributed by atoms with Crippen LogP contribution in [0.15, 0.2) is 194 Å². The Labute approximate surface area is 436 Å². The Kier molecular flexibility index (Phi) is 11.3. The molecule has 1 nitrogen and oxygen atoms in total. The van der Waals surface area contributed by atoms with E-state index in [4.69, 9.17) is 0 Å². The summed E-state index contributed by atoms with van der Waals surface area (Å²) in [5.74, 6) is 0. The van der Waals surface area contributed by atoms with E-state index in [1.54, 1.807) is 0 Å². The lowest BCUT2D eigenvalue weighted by Gasteiger charge is -2.32. The minimum absolute atomic E-state index is 0.0596. The van der Waals surface area contributed by atoms with Gasteiger partial charge in [-0.1, -0.05) is 236 Å². The maximum atomic E-state index is 2.53. The number of rotatable bonds is 7. The minimum atomic E-state index is -0.221. The topological polar surface area (TPSA) is 3.24 Å². The molecule has 2 aliphatic rings. The van der Waals surface area contributed by atoms with Crippen LogP contribution in [0.4, 0.5) is 17.1 Å². The average molecular weight is 950 g/mol. The Morgan fingerprint density at radius 3 is 0.932 bits per heavy atom. The largest absolute Gasteiger partial charge is 0.310 e. The summed E-state index contributed by atoms with van der Waals surface area (Å²) < 4.78 is 0. The van der Waals surface area contributed by atoms with E-state index in [0.29, 0.717) is 0 Å². The minimum Gasteiger partial charge on any atom is -0.310 e. The molecule has 9 aromatic rings. The normalized spacial score (nSPS) is 14.3. The molecule has 9 aromatic carbocycles. The van der Waals surface area contributed by atoms with Crippen molar-refractivity contribution in [1.29, 1.82) is 0 Å². The molecule has 0 N–H and O–H groups in total. The van der Waals surface area contributed by atoms with Crippen LogP contribution in [-0.2, 0) is 27.1 Å². The van der Waals surface area contributed by atoms with Gasteiger partial charge in [-0.05, 0) is 170 Å². The molecule has 0 atom stereocenters. The van der Waals surface area contributed by atoms with E-state index < -0.39 is 0 Å². The molecule has 0 saturated heterocycles. The third kappa shape index (κ3) is 8.36. The molecular weight excluding hydrogens is 879 g/mol. The monoisotopic (exact) mass is 950 g/mol. The van der Waals surface area contributed by atoms with Crippen molar-refractivity contribution in [3.8, 4) is 66.8 Å². The van der Waals surface area contributed by atoms with Gasteiger partial charge in [-0.3, -0.25) is 0 Å². The SMILES string of the molecule is CC(C)(C)c1ccc2c(c1)C(C)(C)c1cc(-c3cc(N(c4ccc(-c5ccccc5)cc4)c4ccc(-c5ccccc5)cc4)cc(-c4ccc5c(c4)C(C)(C)c4cc(C(C)(C)C)ccc4-5)c3C(C)(C)C)ccc1-2. The zero-order valence-corrected chi connectivity index (χ0v) is 45.4. The zero-order valence-electron chi connectivity index (χ0n) is 45.4. The van der Waals surface area contributed by atoms with Crippen molar-refractivity contribution < 1.29 is 0 Å². The van der Waals surface area contributed by atoms with Crippen LogP contribution < -0.4 is 4.90 Å². The molecule has 0 unspecified atom stereocenters. The first-order valence-electron chi connectivity index (χ1n) is 26.5. The lowest BCUT2D eigenvalue weighted by molar-refractivity contribution is 0.584. The van der Waals surface area contributed by atoms with Gasteiger partial charge in [-0.2, -0.15) is 0 Å². The van der Waals surface area contributed by atoms with E-state index in [1.807, 2.05) is 0 Å². The highest BCUT2D eigenvalue weighted by Crippen LogP contribution is 2.55. The standard InChI is InChI=1S/C72H71N/c1-68(2,3)52-30-38-59-57-36-28-50(40-63(57)71(10,11)65(59)42-52)61-44-56(73(54-32-24-48(25-33-54)46-20-16-14-17-21-46)55-34-26-49(27-35-55)47-22-18-15-19-23-47)45-62(67(61)70(7,8)9)51-29-37-58-60-39-31-53(69(4,5)6)43-66(60)72(12,13)64(58)41-51/h14-45H,1-13H3. The van der Waals surface area contributed by atoms with Gasteiger partial charge in [0.1, 0.15) is 0 Å². The first-order chi connectivity index (χ1) is 34.6. The second kappa shape index (κ2) is 17.2. The third-order valence-corrected chi connectivity index (χ3v) is 16.3. The number of fused-ring (bicyclic) bond motifs is 6. The highest BCUT2D eigenvalue weighted by molar-refractivity contribution is 5.93. The fourth-order valence-electron chi connectivity index (χ4n) is 12.1. The highest BCUT2D eigenvalue weighted by Gasteiger charge is 2.39. The van der Waals surface area contributed by atoms with Crippen molar-refractivity contribution in [1.82, 2.24) is 0 Å². The van der Waals surface area contributed by atoms with E-state index in [1.165, 1.54) is 106 Å². The van der Waals surface area contributed by atoms with Crippen LogP contribution in [0.1, 0.15) is 129 Å². The summed E-state index contributed by atoms with van der Waals surface area (Å²) >= 11 is 0. The Balaban J connectivity index is 1.16. The van der Waals surface area contributed by atoms with Crippen molar-refractivity contribution in [2.45, 2.75) is 117 Å². The average Bonchev–Trinajstić information content (AvgIpc) is 3.74. The van der Waals surface area contributed by atoms with Crippen LogP contribution in [0.5, 0.6) is 0 Å². The van der Waals surface area contributed by atoms with Gasteiger partial charge >= 0.3 is 0 Å². The van der Waals surface area contributed by atoms with Crippen LogP contribution in [0, 0.1) is 0 Å². The predicted molar refractivity (Wildman–Crippen MR) is 314 cm³/mol. The van der Waals surface area contributed by atoms with Crippen LogP contribution in [0.25, 0.3) is 66.8 Å². The predicted octanol–water partition coefficient (Wildman–Crippen LogP) is 20.3. The molecule has 73 heavy (non-hydrogen) atoms. The van der Waals surface area contributed by atoms with Gasteiger partial charge in [0.25, 0.3) is 0 Å². The van der Waals surface area contributed by atoms with Gasteiger partial charge in [0.15, 0.2) is 0 Å². The fourth-order valence-corrected chi connectivity index (χ4v) is 12.1. The Morgan fingerprint density at radius 2 is 0.589 bits per heavy atom. The molecule has 0 aromatic heterocycles. The molecule has 0 aliphatic heterocycles. The first-order valence-corrected chi connectivity index (χ1v) is 26.5. The van der Waals surface area contributed by atoms with Crippen LogP contribution in [0.2, 0.25) is 0 Å². The maximum absolute atomic E-state index is 2.53. The van der Waals surface area contributed by atoms with Gasteiger partial charge in [0.05, 0.1) is 0 Å². The molecule has 1 heteroatoms. The van der Waals surface area contributed by atoms with E-state index in [0.717, 1.165) is 17.1 Å². The number of anilines is 3. The molecule has 0 heterocycles. The van der Waals surface area contributed by atoms with Crippen LogP contribution in [-0.4, -0.2) is 0 Å². The summed E-state index contributed by atoms with van der Waals surface area (Å²) in [4.78, 5) is 2.48. The van der Waals surface area contributed by atoms with Gasteiger partial charge in [0, 0.05) is 27.9 Å². The Hall–Kier alpha value is -7.22. The van der Waals surface area contributed by atoms with E-state index >= 15 is 0 Å². The summed E-state index contributed by atoms with van der Waals surface area (Å²) in [7, 11) is 0. The Morgan fingerprint density at radius 1 is 0.274 bits per heavy atom. The number of hydrogen-bond donors (Lipinski definition) is 0. The van der Waals surface area contributed by atoms with Crippen molar-refractivity contribution >= 4 is 17.1 Å². The molecule has 0 radical (unpaired) electrons. The molecular formula is C72H71N. The van der Waals surface area contributed by atoms with Crippen LogP contribution >= 0.6 is 0 Å². The van der Waals surface area contributed by atoms with Gasteiger partial charge in [0.2, 0.25) is 0 Å². The van der Waals surface area contributed by atoms with E-state index in [-0.39, 0.29) is 27.1 Å². The first kappa shape index (κ1) is 48.1. The number of benzene rings is 9. The van der Waals surface area contributed by atoms with Gasteiger partial charge in [-0.25, -0.2) is 0 Å². The Bertz CT molecular complexity index is 3340. The van der Waals surface area contributed by atoms with E-state index in [9.17, 15) is 0 Å². The van der Waals surface area contributed by atoms with Gasteiger partial charge < -0.3 is 4.90 Å². The molecule has 2 aliphatic carbocycles. The molecule has 0 spiro atoms. The summed E-state index contributed by atoms with van der Waals surface area (Å²) in [5.41, 5.74) is 27.8. The molecule has 364 valence electrons. The molecule has 11 rings (SSSR count). The number of nitrogens with zero attached hydrogens (tertiary/aromatic N) is 1. The number of hydrogen-bond acceptors (Lipinski definition) is 1. The zero-order chi connectivity index (χ0) is 51.4. The third-order valence-electron chi connectivity index (χ3n) is 16.3. The maximum Gasteiger partial charge on any atom is 0.0474 e. The fraction of sp³-hybridized carbons (Fsp3) is 0.250. The lowest BCUT2D eigenvalue weighted by atomic mass is 9.75. The summed E-state index contributed by atoms with van der Waals surface area (Å²) in [5, 5.41) is 0. The van der Waals surface area contributed by atoms with E-state index in [2.05, 4.69) is 289 Å². The highest BCUT2D eigenvalue weighted by atomic mass is 15.1. The van der Waals surface area contributed by atoms with Crippen molar-refractivity contribution in [2.24, 2.45) is 0 Å². The second-order valence-corrected chi connectivity index (χ2v) is 25.1. The van der Waals surface area contributed by atoms with Crippen molar-refractivity contribution in [2.75, 3.05) is 4.90 Å². The lowest BCUT2D eigenvalue weighted by Crippen LogP contribution is -2.19. The summed E-state index contributed by atoms with van der Waals surface area (Å²) in [6, 6.07) is 73.8. The molecule has 0 fully saturated rings. The smallest absolute Gasteiger partial charge is 0.0474 e. The quantitative estimate of drug-likeness (QED) is 0.154. The summed E-state index contributed by atoms with van der Waals surface area (Å²) in [6.45, 7) is 30.8. The van der Waals surface area contributed by atoms with Gasteiger partial charge in [-0.15, -0.1) is 0 Å². The van der Waals surface area contributed by atoms with Crippen LogP contribution in [0.3, 0.4) is 0 Å². The molecule has 0 bridgehead atoms. The van der Waals surface area contributed by atoms with Crippen molar-refractivity contribution in [3.63, 3.8) is 0 Å². The molecule has 0 amide bonds. The summed E-state index contributed by atoms with van der Waals surface area (Å²) in [6.07, 6.45) is 0. The van der Waals surface area contributed by atoms with Crippen molar-refractivity contribution in [3.05, 3.63) is 233 Å². The second-order valence-electron chi connectivity index (χ2n) is 25.1.